The Labute approximate surface area is 74.0 Å². The summed E-state index contributed by atoms with van der Waals surface area (Å²) in [6, 6.07) is 1.99. The topological polar surface area (TPSA) is 35.0 Å². The van der Waals surface area contributed by atoms with Gasteiger partial charge < -0.3 is 4.74 Å². The van der Waals surface area contributed by atoms with Crippen LogP contribution in [0.25, 0.3) is 10.2 Å². The second-order valence-electron chi connectivity index (χ2n) is 2.39. The van der Waals surface area contributed by atoms with E-state index in [9.17, 15) is 0 Å². The lowest BCUT2D eigenvalue weighted by Crippen LogP contribution is -1.94. The van der Waals surface area contributed by atoms with Gasteiger partial charge in [-0.25, -0.2) is 9.97 Å². The molecule has 0 aliphatic carbocycles. The number of nitrogens with zero attached hydrogens (tertiary/aromatic N) is 2. The van der Waals surface area contributed by atoms with Gasteiger partial charge in [0.15, 0.2) is 5.82 Å². The van der Waals surface area contributed by atoms with Crippen molar-refractivity contribution in [1.82, 2.24) is 9.97 Å². The Balaban J connectivity index is 2.46. The van der Waals surface area contributed by atoms with Crippen LogP contribution in [0.5, 0.6) is 0 Å². The van der Waals surface area contributed by atoms with E-state index in [0.717, 1.165) is 16.0 Å². The maximum atomic E-state index is 4.93. The number of thiophene rings is 1. The van der Waals surface area contributed by atoms with Gasteiger partial charge in [-0.2, -0.15) is 0 Å². The Morgan fingerprint density at radius 1 is 1.58 bits per heavy atom. The molecule has 2 aromatic rings. The van der Waals surface area contributed by atoms with Crippen molar-refractivity contribution >= 4 is 21.6 Å². The number of rotatable bonds is 2. The molecule has 0 saturated carbocycles. The summed E-state index contributed by atoms with van der Waals surface area (Å²) in [7, 11) is 1.64. The summed E-state index contributed by atoms with van der Waals surface area (Å²) in [6.45, 7) is 0.478. The first-order chi connectivity index (χ1) is 5.90. The molecule has 0 bridgehead atoms. The molecule has 62 valence electrons. The van der Waals surface area contributed by atoms with Crippen molar-refractivity contribution in [2.45, 2.75) is 6.61 Å². The number of aromatic nitrogens is 2. The first kappa shape index (κ1) is 7.64. The van der Waals surface area contributed by atoms with Gasteiger partial charge in [-0.15, -0.1) is 11.3 Å². The van der Waals surface area contributed by atoms with E-state index >= 15 is 0 Å². The van der Waals surface area contributed by atoms with Crippen LogP contribution in [0.3, 0.4) is 0 Å². The summed E-state index contributed by atoms with van der Waals surface area (Å²) in [6.07, 6.45) is 1.83. The van der Waals surface area contributed by atoms with E-state index in [1.807, 2.05) is 17.6 Å². The maximum absolute atomic E-state index is 4.93. The smallest absolute Gasteiger partial charge is 0.154 e. The average Bonchev–Trinajstić information content (AvgIpc) is 2.51. The van der Waals surface area contributed by atoms with Crippen molar-refractivity contribution in [3.63, 3.8) is 0 Å². The number of methoxy groups -OCH3 is 1. The van der Waals surface area contributed by atoms with Crippen LogP contribution in [0.4, 0.5) is 0 Å². The monoisotopic (exact) mass is 180 g/mol. The lowest BCUT2D eigenvalue weighted by molar-refractivity contribution is 0.178. The largest absolute Gasteiger partial charge is 0.377 e. The third-order valence-electron chi connectivity index (χ3n) is 1.53. The second kappa shape index (κ2) is 3.16. The molecule has 2 heterocycles. The highest BCUT2D eigenvalue weighted by Gasteiger charge is 1.99. The quantitative estimate of drug-likeness (QED) is 0.707. The van der Waals surface area contributed by atoms with E-state index in [0.29, 0.717) is 6.61 Å². The summed E-state index contributed by atoms with van der Waals surface area (Å²) < 4.78 is 6.05. The number of fused-ring (bicyclic) bond motifs is 1. The van der Waals surface area contributed by atoms with Crippen LogP contribution >= 0.6 is 11.3 Å². The third kappa shape index (κ3) is 1.31. The van der Waals surface area contributed by atoms with Gasteiger partial charge in [-0.1, -0.05) is 0 Å². The van der Waals surface area contributed by atoms with Gasteiger partial charge >= 0.3 is 0 Å². The molecule has 0 atom stereocenters. The number of hydrogen-bond acceptors (Lipinski definition) is 4. The van der Waals surface area contributed by atoms with Crippen LogP contribution in [-0.4, -0.2) is 17.1 Å². The lowest BCUT2D eigenvalue weighted by atomic mass is 10.4. The molecule has 0 aliphatic rings. The Hall–Kier alpha value is -1.00. The van der Waals surface area contributed by atoms with Crippen molar-refractivity contribution in [3.8, 4) is 0 Å². The normalized spacial score (nSPS) is 10.8. The molecule has 12 heavy (non-hydrogen) atoms. The SMILES string of the molecule is COCc1ncc2sccc2n1. The molecular formula is C8H8N2OS. The summed E-state index contributed by atoms with van der Waals surface area (Å²) >= 11 is 1.65. The van der Waals surface area contributed by atoms with Gasteiger partial charge in [-0.05, 0) is 11.4 Å². The Morgan fingerprint density at radius 3 is 3.33 bits per heavy atom. The van der Waals surface area contributed by atoms with Crippen molar-refractivity contribution in [2.75, 3.05) is 7.11 Å². The predicted octanol–water partition coefficient (Wildman–Crippen LogP) is 1.84. The zero-order valence-electron chi connectivity index (χ0n) is 6.65. The van der Waals surface area contributed by atoms with Gasteiger partial charge in [0, 0.05) is 13.3 Å². The highest BCUT2D eigenvalue weighted by Crippen LogP contribution is 2.17. The summed E-state index contributed by atoms with van der Waals surface area (Å²) in [5.74, 6) is 0.739. The van der Waals surface area contributed by atoms with Crippen LogP contribution in [0.2, 0.25) is 0 Å². The molecule has 0 aliphatic heterocycles. The van der Waals surface area contributed by atoms with Gasteiger partial charge in [-0.3, -0.25) is 0 Å². The fraction of sp³-hybridized carbons (Fsp3) is 0.250. The minimum absolute atomic E-state index is 0.478. The molecule has 0 saturated heterocycles. The van der Waals surface area contributed by atoms with Gasteiger partial charge in [0.05, 0.1) is 10.2 Å². The molecule has 0 radical (unpaired) electrons. The zero-order valence-corrected chi connectivity index (χ0v) is 7.47. The number of hydrogen-bond donors (Lipinski definition) is 0. The molecule has 0 N–H and O–H groups in total. The molecule has 0 unspecified atom stereocenters. The summed E-state index contributed by atoms with van der Waals surface area (Å²) in [4.78, 5) is 8.44. The third-order valence-corrected chi connectivity index (χ3v) is 2.37. The van der Waals surface area contributed by atoms with Crippen LogP contribution in [0.15, 0.2) is 17.6 Å². The molecule has 4 heteroatoms. The van der Waals surface area contributed by atoms with Gasteiger partial charge in [0.1, 0.15) is 6.61 Å². The highest BCUT2D eigenvalue weighted by molar-refractivity contribution is 7.17. The molecule has 0 spiro atoms. The number of ether oxygens (including phenoxy) is 1. The first-order valence-electron chi connectivity index (χ1n) is 3.58. The van der Waals surface area contributed by atoms with E-state index in [2.05, 4.69) is 9.97 Å². The molecule has 2 rings (SSSR count). The molecule has 0 aromatic carbocycles. The molecular weight excluding hydrogens is 172 g/mol. The van der Waals surface area contributed by atoms with E-state index < -0.39 is 0 Å². The van der Waals surface area contributed by atoms with Crippen molar-refractivity contribution < 1.29 is 4.74 Å². The van der Waals surface area contributed by atoms with E-state index in [4.69, 9.17) is 4.74 Å². The zero-order chi connectivity index (χ0) is 8.39. The Bertz CT molecular complexity index is 385. The summed E-state index contributed by atoms with van der Waals surface area (Å²) in [5, 5.41) is 2.01. The first-order valence-corrected chi connectivity index (χ1v) is 4.46. The Kier molecular flexibility index (Phi) is 2.01. The molecule has 0 amide bonds. The highest BCUT2D eigenvalue weighted by atomic mass is 32.1. The lowest BCUT2D eigenvalue weighted by Gasteiger charge is -1.96. The summed E-state index contributed by atoms with van der Waals surface area (Å²) in [5.41, 5.74) is 1.00. The van der Waals surface area contributed by atoms with E-state index in [-0.39, 0.29) is 0 Å². The van der Waals surface area contributed by atoms with Gasteiger partial charge in [0.2, 0.25) is 0 Å². The van der Waals surface area contributed by atoms with Crippen molar-refractivity contribution in [2.24, 2.45) is 0 Å². The Morgan fingerprint density at radius 2 is 2.50 bits per heavy atom. The van der Waals surface area contributed by atoms with Crippen molar-refractivity contribution in [3.05, 3.63) is 23.5 Å². The molecule has 2 aromatic heterocycles. The second-order valence-corrected chi connectivity index (χ2v) is 3.34. The molecule has 0 fully saturated rings. The predicted molar refractivity (Wildman–Crippen MR) is 48.1 cm³/mol. The minimum Gasteiger partial charge on any atom is -0.377 e. The fourth-order valence-electron chi connectivity index (χ4n) is 1.00. The average molecular weight is 180 g/mol. The van der Waals surface area contributed by atoms with Crippen LogP contribution in [0, 0.1) is 0 Å². The van der Waals surface area contributed by atoms with Crippen molar-refractivity contribution in [1.29, 1.82) is 0 Å². The van der Waals surface area contributed by atoms with Crippen LogP contribution < -0.4 is 0 Å². The maximum Gasteiger partial charge on any atom is 0.154 e. The van der Waals surface area contributed by atoms with Crippen LogP contribution in [0.1, 0.15) is 5.82 Å². The van der Waals surface area contributed by atoms with Crippen LogP contribution in [-0.2, 0) is 11.3 Å². The van der Waals surface area contributed by atoms with E-state index in [1.54, 1.807) is 18.4 Å². The van der Waals surface area contributed by atoms with E-state index in [1.165, 1.54) is 0 Å². The molecule has 3 nitrogen and oxygen atoms in total. The van der Waals surface area contributed by atoms with Gasteiger partial charge in [0.25, 0.3) is 0 Å². The fourth-order valence-corrected chi connectivity index (χ4v) is 1.69. The standard InChI is InChI=1S/C8H8N2OS/c1-11-5-8-9-4-7-6(10-8)2-3-12-7/h2-4H,5H2,1H3. The minimum atomic E-state index is 0.478.